The zero-order chi connectivity index (χ0) is 15.1. The van der Waals surface area contributed by atoms with Crippen LogP contribution in [0.1, 0.15) is 41.6 Å². The summed E-state index contributed by atoms with van der Waals surface area (Å²) in [7, 11) is 0. The first-order valence-electron chi connectivity index (χ1n) is 7.18. The highest BCUT2D eigenvalue weighted by atomic mass is 16.2. The van der Waals surface area contributed by atoms with Crippen molar-refractivity contribution in [1.29, 1.82) is 0 Å². The number of hydrogen-bond acceptors (Lipinski definition) is 4. The molecule has 0 aliphatic heterocycles. The SMILES string of the molecule is CCCCN(Cc1ccccn1)C(=O)c1cnc(C)cn1. The summed E-state index contributed by atoms with van der Waals surface area (Å²) in [6, 6.07) is 5.72. The molecule has 0 aliphatic rings. The molecular weight excluding hydrogens is 264 g/mol. The topological polar surface area (TPSA) is 59.0 Å². The van der Waals surface area contributed by atoms with Gasteiger partial charge in [-0.25, -0.2) is 4.98 Å². The Morgan fingerprint density at radius 3 is 2.67 bits per heavy atom. The first kappa shape index (κ1) is 15.1. The average molecular weight is 284 g/mol. The minimum atomic E-state index is -0.0957. The van der Waals surface area contributed by atoms with Crippen LogP contribution in [0.2, 0.25) is 0 Å². The van der Waals surface area contributed by atoms with Crippen molar-refractivity contribution in [2.75, 3.05) is 6.54 Å². The van der Waals surface area contributed by atoms with Crippen LogP contribution in [0.25, 0.3) is 0 Å². The van der Waals surface area contributed by atoms with E-state index in [0.29, 0.717) is 18.8 Å². The third-order valence-electron chi connectivity index (χ3n) is 3.15. The second kappa shape index (κ2) is 7.47. The standard InChI is InChI=1S/C16H20N4O/c1-3-4-9-20(12-14-7-5-6-8-17-14)16(21)15-11-18-13(2)10-19-15/h5-8,10-11H,3-4,9,12H2,1-2H3. The number of carbonyl (C=O) groups is 1. The lowest BCUT2D eigenvalue weighted by atomic mass is 10.2. The summed E-state index contributed by atoms with van der Waals surface area (Å²) < 4.78 is 0. The van der Waals surface area contributed by atoms with Crippen molar-refractivity contribution in [1.82, 2.24) is 19.9 Å². The molecule has 0 unspecified atom stereocenters. The maximum atomic E-state index is 12.6. The molecule has 0 aromatic carbocycles. The Balaban J connectivity index is 2.14. The van der Waals surface area contributed by atoms with E-state index in [4.69, 9.17) is 0 Å². The van der Waals surface area contributed by atoms with E-state index in [-0.39, 0.29) is 5.91 Å². The molecule has 0 spiro atoms. The largest absolute Gasteiger partial charge is 0.331 e. The third-order valence-corrected chi connectivity index (χ3v) is 3.15. The molecule has 0 N–H and O–H groups in total. The van der Waals surface area contributed by atoms with E-state index in [2.05, 4.69) is 21.9 Å². The number of nitrogens with zero attached hydrogens (tertiary/aromatic N) is 4. The lowest BCUT2D eigenvalue weighted by Gasteiger charge is -2.21. The molecule has 2 heterocycles. The van der Waals surface area contributed by atoms with Crippen LogP contribution in [-0.4, -0.2) is 32.3 Å². The third kappa shape index (κ3) is 4.34. The van der Waals surface area contributed by atoms with Gasteiger partial charge in [0, 0.05) is 18.9 Å². The molecule has 0 aliphatic carbocycles. The van der Waals surface area contributed by atoms with Crippen molar-refractivity contribution >= 4 is 5.91 Å². The van der Waals surface area contributed by atoms with Gasteiger partial charge in [-0.05, 0) is 25.5 Å². The van der Waals surface area contributed by atoms with Crippen LogP contribution in [0.5, 0.6) is 0 Å². The number of hydrogen-bond donors (Lipinski definition) is 0. The predicted octanol–water partition coefficient (Wildman–Crippen LogP) is 2.62. The van der Waals surface area contributed by atoms with Gasteiger partial charge in [-0.1, -0.05) is 19.4 Å². The molecule has 2 aromatic rings. The van der Waals surface area contributed by atoms with Crippen molar-refractivity contribution < 1.29 is 4.79 Å². The molecule has 2 rings (SSSR count). The molecule has 2 aromatic heterocycles. The molecule has 1 amide bonds. The Hall–Kier alpha value is -2.30. The van der Waals surface area contributed by atoms with E-state index < -0.39 is 0 Å². The molecule has 5 nitrogen and oxygen atoms in total. The first-order valence-corrected chi connectivity index (χ1v) is 7.18. The quantitative estimate of drug-likeness (QED) is 0.818. The molecule has 0 saturated carbocycles. The molecule has 0 radical (unpaired) electrons. The maximum absolute atomic E-state index is 12.6. The van der Waals surface area contributed by atoms with Gasteiger partial charge in [0.25, 0.3) is 5.91 Å². The first-order chi connectivity index (χ1) is 10.2. The van der Waals surface area contributed by atoms with Gasteiger partial charge in [0.2, 0.25) is 0 Å². The number of rotatable bonds is 6. The Morgan fingerprint density at radius 1 is 1.19 bits per heavy atom. The second-order valence-corrected chi connectivity index (χ2v) is 4.94. The Kier molecular flexibility index (Phi) is 5.37. The van der Waals surface area contributed by atoms with E-state index in [1.807, 2.05) is 25.1 Å². The van der Waals surface area contributed by atoms with Crippen molar-refractivity contribution in [2.45, 2.75) is 33.2 Å². The van der Waals surface area contributed by atoms with Crippen LogP contribution in [-0.2, 0) is 6.54 Å². The number of aryl methyl sites for hydroxylation is 1. The van der Waals surface area contributed by atoms with Crippen LogP contribution < -0.4 is 0 Å². The summed E-state index contributed by atoms with van der Waals surface area (Å²) in [5.41, 5.74) is 2.06. The Labute approximate surface area is 125 Å². The van der Waals surface area contributed by atoms with Crippen LogP contribution in [0.3, 0.4) is 0 Å². The fourth-order valence-electron chi connectivity index (χ4n) is 1.95. The van der Waals surface area contributed by atoms with Gasteiger partial charge < -0.3 is 4.90 Å². The van der Waals surface area contributed by atoms with Gasteiger partial charge in [0.05, 0.1) is 24.1 Å². The van der Waals surface area contributed by atoms with E-state index >= 15 is 0 Å². The number of carbonyl (C=O) groups excluding carboxylic acids is 1. The fraction of sp³-hybridized carbons (Fsp3) is 0.375. The minimum absolute atomic E-state index is 0.0957. The zero-order valence-corrected chi connectivity index (χ0v) is 12.5. The van der Waals surface area contributed by atoms with Gasteiger partial charge >= 0.3 is 0 Å². The Bertz CT molecular complexity index is 569. The number of unbranched alkanes of at least 4 members (excludes halogenated alkanes) is 1. The summed E-state index contributed by atoms with van der Waals surface area (Å²) in [6.45, 7) is 5.15. The molecule has 21 heavy (non-hydrogen) atoms. The van der Waals surface area contributed by atoms with Gasteiger partial charge in [0.1, 0.15) is 5.69 Å². The van der Waals surface area contributed by atoms with E-state index in [1.54, 1.807) is 17.3 Å². The zero-order valence-electron chi connectivity index (χ0n) is 12.5. The van der Waals surface area contributed by atoms with Crippen molar-refractivity contribution in [2.24, 2.45) is 0 Å². The summed E-state index contributed by atoms with van der Waals surface area (Å²) in [6.07, 6.45) is 6.88. The number of aromatic nitrogens is 3. The maximum Gasteiger partial charge on any atom is 0.274 e. The molecule has 110 valence electrons. The van der Waals surface area contributed by atoms with Crippen LogP contribution in [0.15, 0.2) is 36.8 Å². The van der Waals surface area contributed by atoms with E-state index in [0.717, 1.165) is 24.2 Å². The second-order valence-electron chi connectivity index (χ2n) is 4.94. The average Bonchev–Trinajstić information content (AvgIpc) is 2.52. The Morgan fingerprint density at radius 2 is 2.05 bits per heavy atom. The fourth-order valence-corrected chi connectivity index (χ4v) is 1.95. The van der Waals surface area contributed by atoms with E-state index in [1.165, 1.54) is 6.20 Å². The highest BCUT2D eigenvalue weighted by Gasteiger charge is 2.17. The normalized spacial score (nSPS) is 10.4. The molecule has 0 fully saturated rings. The highest BCUT2D eigenvalue weighted by molar-refractivity contribution is 5.91. The predicted molar refractivity (Wildman–Crippen MR) is 80.7 cm³/mol. The number of amides is 1. The van der Waals surface area contributed by atoms with Crippen LogP contribution in [0.4, 0.5) is 0 Å². The smallest absolute Gasteiger partial charge is 0.274 e. The molecule has 0 bridgehead atoms. The summed E-state index contributed by atoms with van der Waals surface area (Å²) in [5.74, 6) is -0.0957. The van der Waals surface area contributed by atoms with Gasteiger partial charge in [-0.2, -0.15) is 0 Å². The van der Waals surface area contributed by atoms with Gasteiger partial charge in [0.15, 0.2) is 0 Å². The molecule has 0 saturated heterocycles. The van der Waals surface area contributed by atoms with Crippen molar-refractivity contribution in [3.8, 4) is 0 Å². The molecule has 0 atom stereocenters. The number of pyridine rings is 1. The summed E-state index contributed by atoms with van der Waals surface area (Å²) >= 11 is 0. The monoisotopic (exact) mass is 284 g/mol. The van der Waals surface area contributed by atoms with E-state index in [9.17, 15) is 4.79 Å². The molecule has 5 heteroatoms. The molecular formula is C16H20N4O. The lowest BCUT2D eigenvalue weighted by molar-refractivity contribution is 0.0732. The highest BCUT2D eigenvalue weighted by Crippen LogP contribution is 2.08. The summed E-state index contributed by atoms with van der Waals surface area (Å²) in [5, 5.41) is 0. The van der Waals surface area contributed by atoms with Crippen LogP contribution in [0, 0.1) is 6.92 Å². The van der Waals surface area contributed by atoms with Crippen molar-refractivity contribution in [3.05, 3.63) is 53.9 Å². The van der Waals surface area contributed by atoms with Crippen LogP contribution >= 0.6 is 0 Å². The van der Waals surface area contributed by atoms with Gasteiger partial charge in [-0.15, -0.1) is 0 Å². The minimum Gasteiger partial charge on any atom is -0.331 e. The summed E-state index contributed by atoms with van der Waals surface area (Å²) in [4.78, 5) is 27.0. The van der Waals surface area contributed by atoms with Gasteiger partial charge in [-0.3, -0.25) is 14.8 Å². The van der Waals surface area contributed by atoms with Crippen molar-refractivity contribution in [3.63, 3.8) is 0 Å². The lowest BCUT2D eigenvalue weighted by Crippen LogP contribution is -2.32.